The first-order chi connectivity index (χ1) is 9.20. The van der Waals surface area contributed by atoms with Gasteiger partial charge in [-0.05, 0) is 18.2 Å². The zero-order chi connectivity index (χ0) is 13.4. The van der Waals surface area contributed by atoms with Crippen molar-refractivity contribution >= 4 is 28.8 Å². The highest BCUT2D eigenvalue weighted by atomic mass is 35.5. The molecule has 3 aromatic rings. The van der Waals surface area contributed by atoms with Crippen LogP contribution in [-0.2, 0) is 6.61 Å². The Labute approximate surface area is 119 Å². The first-order valence-electron chi connectivity index (χ1n) is 5.59. The van der Waals surface area contributed by atoms with E-state index in [0.717, 1.165) is 5.56 Å². The lowest BCUT2D eigenvalue weighted by atomic mass is 10.1. The Morgan fingerprint density at radius 1 is 1.21 bits per heavy atom. The van der Waals surface area contributed by atoms with E-state index in [-0.39, 0.29) is 6.61 Å². The lowest BCUT2D eigenvalue weighted by molar-refractivity contribution is 0.283. The van der Waals surface area contributed by atoms with Gasteiger partial charge in [0.1, 0.15) is 5.69 Å². The molecule has 0 atom stereocenters. The summed E-state index contributed by atoms with van der Waals surface area (Å²) in [6.45, 7) is -0.143. The maximum atomic E-state index is 9.54. The molecule has 0 spiro atoms. The Kier molecular flexibility index (Phi) is 3.14. The molecule has 96 valence electrons. The molecule has 0 amide bonds. The molecule has 0 aliphatic rings. The molecule has 6 heteroatoms. The smallest absolute Gasteiger partial charge is 0.161 e. The quantitative estimate of drug-likeness (QED) is 0.789. The van der Waals surface area contributed by atoms with Gasteiger partial charge in [-0.3, -0.25) is 0 Å². The van der Waals surface area contributed by atoms with Crippen LogP contribution in [0.3, 0.4) is 0 Å². The molecule has 1 N–H and O–H groups in total. The Balaban J connectivity index is 2.26. The van der Waals surface area contributed by atoms with Crippen LogP contribution >= 0.6 is 23.2 Å². The molecular weight excluding hydrogens is 285 g/mol. The van der Waals surface area contributed by atoms with Gasteiger partial charge in [-0.15, -0.1) is 0 Å². The molecule has 4 nitrogen and oxygen atoms in total. The minimum absolute atomic E-state index is 0.143. The maximum Gasteiger partial charge on any atom is 0.161 e. The Morgan fingerprint density at radius 3 is 2.79 bits per heavy atom. The number of aliphatic hydroxyl groups is 1. The van der Waals surface area contributed by atoms with Crippen molar-refractivity contribution in [2.24, 2.45) is 0 Å². The van der Waals surface area contributed by atoms with Gasteiger partial charge in [0.05, 0.1) is 22.2 Å². The van der Waals surface area contributed by atoms with Crippen molar-refractivity contribution in [2.45, 2.75) is 6.61 Å². The highest BCUT2D eigenvalue weighted by molar-refractivity contribution is 6.42. The molecule has 0 saturated carbocycles. The van der Waals surface area contributed by atoms with Crippen LogP contribution in [0.2, 0.25) is 10.0 Å². The topological polar surface area (TPSA) is 50.4 Å². The second-order valence-electron chi connectivity index (χ2n) is 4.00. The second kappa shape index (κ2) is 4.81. The number of aliphatic hydroxyl groups excluding tert-OH is 1. The van der Waals surface area contributed by atoms with Crippen molar-refractivity contribution in [1.29, 1.82) is 0 Å². The highest BCUT2D eigenvalue weighted by Gasteiger charge is 2.15. The molecule has 0 bridgehead atoms. The van der Waals surface area contributed by atoms with Gasteiger partial charge in [-0.1, -0.05) is 29.3 Å². The van der Waals surface area contributed by atoms with E-state index in [0.29, 0.717) is 26.9 Å². The van der Waals surface area contributed by atoms with Gasteiger partial charge in [-0.2, -0.15) is 5.10 Å². The zero-order valence-electron chi connectivity index (χ0n) is 9.72. The van der Waals surface area contributed by atoms with Crippen molar-refractivity contribution in [3.05, 3.63) is 52.3 Å². The summed E-state index contributed by atoms with van der Waals surface area (Å²) >= 11 is 11.9. The SMILES string of the molecule is OCc1c(-c2ccc(Cl)c(Cl)c2)nn2cccnc12. The number of benzene rings is 1. The summed E-state index contributed by atoms with van der Waals surface area (Å²) < 4.78 is 1.63. The lowest BCUT2D eigenvalue weighted by Crippen LogP contribution is -1.89. The van der Waals surface area contributed by atoms with Crippen LogP contribution in [0.25, 0.3) is 16.9 Å². The summed E-state index contributed by atoms with van der Waals surface area (Å²) in [4.78, 5) is 4.22. The molecule has 0 saturated heterocycles. The van der Waals surface area contributed by atoms with Crippen LogP contribution in [0.4, 0.5) is 0 Å². The highest BCUT2D eigenvalue weighted by Crippen LogP contribution is 2.30. The summed E-state index contributed by atoms with van der Waals surface area (Å²) in [6.07, 6.45) is 3.44. The van der Waals surface area contributed by atoms with Gasteiger partial charge in [0.15, 0.2) is 5.65 Å². The Morgan fingerprint density at radius 2 is 2.05 bits per heavy atom. The summed E-state index contributed by atoms with van der Waals surface area (Å²) in [6, 6.07) is 7.03. The predicted molar refractivity (Wildman–Crippen MR) is 74.4 cm³/mol. The van der Waals surface area contributed by atoms with E-state index in [9.17, 15) is 5.11 Å². The standard InChI is InChI=1S/C13H9Cl2N3O/c14-10-3-2-8(6-11(10)15)12-9(7-19)13-16-4-1-5-18(13)17-12/h1-6,19H,7H2. The molecule has 2 aromatic heterocycles. The molecule has 0 fully saturated rings. The van der Waals surface area contributed by atoms with E-state index in [1.807, 2.05) is 6.07 Å². The van der Waals surface area contributed by atoms with Gasteiger partial charge in [-0.25, -0.2) is 9.50 Å². The van der Waals surface area contributed by atoms with E-state index in [1.54, 1.807) is 35.1 Å². The number of hydrogen-bond acceptors (Lipinski definition) is 3. The molecule has 2 heterocycles. The number of halogens is 2. The van der Waals surface area contributed by atoms with Crippen LogP contribution in [0.5, 0.6) is 0 Å². The lowest BCUT2D eigenvalue weighted by Gasteiger charge is -2.01. The average Bonchev–Trinajstić information content (AvgIpc) is 2.80. The van der Waals surface area contributed by atoms with Crippen LogP contribution in [0.1, 0.15) is 5.56 Å². The molecule has 0 unspecified atom stereocenters. The van der Waals surface area contributed by atoms with E-state index >= 15 is 0 Å². The Hall–Kier alpha value is -1.62. The van der Waals surface area contributed by atoms with Crippen molar-refractivity contribution in [2.75, 3.05) is 0 Å². The van der Waals surface area contributed by atoms with E-state index in [2.05, 4.69) is 10.1 Å². The maximum absolute atomic E-state index is 9.54. The Bertz CT molecular complexity index is 755. The van der Waals surface area contributed by atoms with Crippen LogP contribution in [0.15, 0.2) is 36.7 Å². The molecular formula is C13H9Cl2N3O. The summed E-state index contributed by atoms with van der Waals surface area (Å²) in [7, 11) is 0. The summed E-state index contributed by atoms with van der Waals surface area (Å²) in [5, 5.41) is 14.9. The van der Waals surface area contributed by atoms with Gasteiger partial charge < -0.3 is 5.11 Å². The normalized spacial score (nSPS) is 11.1. The fourth-order valence-electron chi connectivity index (χ4n) is 1.96. The van der Waals surface area contributed by atoms with Crippen LogP contribution < -0.4 is 0 Å². The van der Waals surface area contributed by atoms with Gasteiger partial charge in [0.2, 0.25) is 0 Å². The fourth-order valence-corrected chi connectivity index (χ4v) is 2.25. The van der Waals surface area contributed by atoms with Crippen molar-refractivity contribution in [3.8, 4) is 11.3 Å². The zero-order valence-corrected chi connectivity index (χ0v) is 11.2. The van der Waals surface area contributed by atoms with Gasteiger partial charge >= 0.3 is 0 Å². The molecule has 0 aliphatic carbocycles. The van der Waals surface area contributed by atoms with Crippen LogP contribution in [0, 0.1) is 0 Å². The number of fused-ring (bicyclic) bond motifs is 1. The third-order valence-electron chi connectivity index (χ3n) is 2.84. The molecule has 0 aliphatic heterocycles. The van der Waals surface area contributed by atoms with Crippen molar-refractivity contribution in [1.82, 2.24) is 14.6 Å². The summed E-state index contributed by atoms with van der Waals surface area (Å²) in [5.41, 5.74) is 2.74. The number of rotatable bonds is 2. The average molecular weight is 294 g/mol. The van der Waals surface area contributed by atoms with E-state index in [4.69, 9.17) is 23.2 Å². The first kappa shape index (κ1) is 12.4. The second-order valence-corrected chi connectivity index (χ2v) is 4.82. The monoisotopic (exact) mass is 293 g/mol. The van der Waals surface area contributed by atoms with E-state index < -0.39 is 0 Å². The summed E-state index contributed by atoms with van der Waals surface area (Å²) in [5.74, 6) is 0. The van der Waals surface area contributed by atoms with Crippen molar-refractivity contribution in [3.63, 3.8) is 0 Å². The largest absolute Gasteiger partial charge is 0.391 e. The van der Waals surface area contributed by atoms with Gasteiger partial charge in [0.25, 0.3) is 0 Å². The van der Waals surface area contributed by atoms with E-state index in [1.165, 1.54) is 0 Å². The number of nitrogens with zero attached hydrogens (tertiary/aromatic N) is 3. The molecule has 0 radical (unpaired) electrons. The third-order valence-corrected chi connectivity index (χ3v) is 3.58. The minimum atomic E-state index is -0.143. The number of hydrogen-bond donors (Lipinski definition) is 1. The third kappa shape index (κ3) is 2.08. The number of aromatic nitrogens is 3. The predicted octanol–water partition coefficient (Wildman–Crippen LogP) is 3.20. The fraction of sp³-hybridized carbons (Fsp3) is 0.0769. The van der Waals surface area contributed by atoms with Crippen LogP contribution in [-0.4, -0.2) is 19.7 Å². The molecule has 3 rings (SSSR count). The first-order valence-corrected chi connectivity index (χ1v) is 6.35. The molecule has 19 heavy (non-hydrogen) atoms. The minimum Gasteiger partial charge on any atom is -0.391 e. The van der Waals surface area contributed by atoms with Crippen molar-refractivity contribution < 1.29 is 5.11 Å². The van der Waals surface area contributed by atoms with Gasteiger partial charge in [0, 0.05) is 18.0 Å². The molecule has 1 aromatic carbocycles.